The van der Waals surface area contributed by atoms with E-state index >= 15 is 0 Å². The van der Waals surface area contributed by atoms with Crippen molar-refractivity contribution in [3.8, 4) is 0 Å². The number of rotatable bonds is 2. The quantitative estimate of drug-likeness (QED) is 0.561. The van der Waals surface area contributed by atoms with Gasteiger partial charge in [-0.2, -0.15) is 5.10 Å². The summed E-state index contributed by atoms with van der Waals surface area (Å²) in [6.45, 7) is 2.06. The topological polar surface area (TPSA) is 65.0 Å². The van der Waals surface area contributed by atoms with Gasteiger partial charge in [0.15, 0.2) is 5.69 Å². The van der Waals surface area contributed by atoms with Crippen molar-refractivity contribution in [3.63, 3.8) is 0 Å². The van der Waals surface area contributed by atoms with Crippen LogP contribution in [0.1, 0.15) is 17.4 Å². The van der Waals surface area contributed by atoms with E-state index in [1.807, 2.05) is 0 Å². The molecule has 0 aromatic carbocycles. The summed E-state index contributed by atoms with van der Waals surface area (Å²) in [6.07, 6.45) is 2.46. The SMILES string of the molecule is CCOC(=O)c1cnncn1. The second kappa shape index (κ2) is 3.60. The Morgan fingerprint density at radius 2 is 2.45 bits per heavy atom. The van der Waals surface area contributed by atoms with Crippen LogP contribution in [0.15, 0.2) is 12.5 Å². The molecule has 1 rings (SSSR count). The van der Waals surface area contributed by atoms with Crippen LogP contribution in [0.5, 0.6) is 0 Å². The molecule has 0 aliphatic carbocycles. The normalized spacial score (nSPS) is 9.18. The van der Waals surface area contributed by atoms with Crippen molar-refractivity contribution in [1.82, 2.24) is 15.2 Å². The minimum atomic E-state index is -0.470. The van der Waals surface area contributed by atoms with Crippen LogP contribution in [0.4, 0.5) is 0 Å². The molecule has 0 bridgehead atoms. The number of esters is 1. The molecule has 0 spiro atoms. The lowest BCUT2D eigenvalue weighted by Crippen LogP contribution is -2.07. The van der Waals surface area contributed by atoms with Crippen LogP contribution in [0.25, 0.3) is 0 Å². The fourth-order valence-corrected chi connectivity index (χ4v) is 0.550. The fourth-order valence-electron chi connectivity index (χ4n) is 0.550. The highest BCUT2D eigenvalue weighted by Crippen LogP contribution is 1.91. The maximum atomic E-state index is 10.9. The Morgan fingerprint density at radius 1 is 1.64 bits per heavy atom. The average Bonchev–Trinajstić information content (AvgIpc) is 2.07. The first kappa shape index (κ1) is 7.59. The molecule has 0 fully saturated rings. The first-order valence-electron chi connectivity index (χ1n) is 3.14. The van der Waals surface area contributed by atoms with Crippen molar-refractivity contribution in [2.45, 2.75) is 6.92 Å². The molecular weight excluding hydrogens is 146 g/mol. The third-order valence-corrected chi connectivity index (χ3v) is 0.980. The zero-order valence-corrected chi connectivity index (χ0v) is 6.02. The molecule has 0 atom stereocenters. The van der Waals surface area contributed by atoms with Gasteiger partial charge >= 0.3 is 5.97 Å². The van der Waals surface area contributed by atoms with Gasteiger partial charge in [0.25, 0.3) is 0 Å². The summed E-state index contributed by atoms with van der Waals surface area (Å²) in [6, 6.07) is 0. The number of nitrogens with zero attached hydrogens (tertiary/aromatic N) is 3. The minimum Gasteiger partial charge on any atom is -0.461 e. The molecule has 0 aliphatic rings. The molecule has 0 N–H and O–H groups in total. The van der Waals surface area contributed by atoms with Crippen LogP contribution in [0.3, 0.4) is 0 Å². The summed E-state index contributed by atoms with van der Waals surface area (Å²) in [7, 11) is 0. The number of carbonyl (C=O) groups is 1. The third kappa shape index (κ3) is 1.96. The van der Waals surface area contributed by atoms with Gasteiger partial charge in [0.2, 0.25) is 0 Å². The van der Waals surface area contributed by atoms with Crippen LogP contribution in [-0.4, -0.2) is 27.8 Å². The van der Waals surface area contributed by atoms with Crippen LogP contribution in [0.2, 0.25) is 0 Å². The Labute approximate surface area is 63.4 Å². The van der Waals surface area contributed by atoms with Gasteiger partial charge in [-0.05, 0) is 6.92 Å². The highest BCUT2D eigenvalue weighted by molar-refractivity contribution is 5.86. The Hall–Kier alpha value is -1.52. The molecule has 0 radical (unpaired) electrons. The molecule has 5 nitrogen and oxygen atoms in total. The minimum absolute atomic E-state index is 0.182. The lowest BCUT2D eigenvalue weighted by molar-refractivity contribution is 0.0518. The van der Waals surface area contributed by atoms with E-state index in [1.165, 1.54) is 12.5 Å². The number of aromatic nitrogens is 3. The highest BCUT2D eigenvalue weighted by Gasteiger charge is 2.06. The van der Waals surface area contributed by atoms with Gasteiger partial charge in [0, 0.05) is 0 Å². The summed E-state index contributed by atoms with van der Waals surface area (Å²) in [4.78, 5) is 14.5. The first-order valence-corrected chi connectivity index (χ1v) is 3.14. The van der Waals surface area contributed by atoms with Crippen molar-refractivity contribution in [2.24, 2.45) is 0 Å². The maximum absolute atomic E-state index is 10.9. The van der Waals surface area contributed by atoms with E-state index < -0.39 is 5.97 Å². The van der Waals surface area contributed by atoms with Crippen LogP contribution < -0.4 is 0 Å². The van der Waals surface area contributed by atoms with E-state index in [9.17, 15) is 4.79 Å². The maximum Gasteiger partial charge on any atom is 0.358 e. The molecule has 58 valence electrons. The summed E-state index contributed by atoms with van der Waals surface area (Å²) < 4.78 is 4.66. The molecule has 1 heterocycles. The Bertz CT molecular complexity index is 237. The van der Waals surface area contributed by atoms with Crippen LogP contribution in [0, 0.1) is 0 Å². The predicted octanol–water partition coefficient (Wildman–Crippen LogP) is 0.0483. The van der Waals surface area contributed by atoms with Crippen molar-refractivity contribution in [3.05, 3.63) is 18.2 Å². The van der Waals surface area contributed by atoms with E-state index in [0.29, 0.717) is 6.61 Å². The Balaban J connectivity index is 2.69. The fraction of sp³-hybridized carbons (Fsp3) is 0.333. The first-order chi connectivity index (χ1) is 5.34. The van der Waals surface area contributed by atoms with Gasteiger partial charge in [0.1, 0.15) is 6.33 Å². The predicted molar refractivity (Wildman–Crippen MR) is 35.8 cm³/mol. The zero-order chi connectivity index (χ0) is 8.10. The van der Waals surface area contributed by atoms with E-state index in [0.717, 1.165) is 0 Å². The van der Waals surface area contributed by atoms with Gasteiger partial charge in [-0.25, -0.2) is 9.78 Å². The summed E-state index contributed by atoms with van der Waals surface area (Å²) in [5.41, 5.74) is 0.182. The number of hydrogen-bond donors (Lipinski definition) is 0. The van der Waals surface area contributed by atoms with E-state index in [1.54, 1.807) is 6.92 Å². The number of hydrogen-bond acceptors (Lipinski definition) is 5. The van der Waals surface area contributed by atoms with E-state index in [2.05, 4.69) is 19.9 Å². The Kier molecular flexibility index (Phi) is 2.48. The van der Waals surface area contributed by atoms with Gasteiger partial charge < -0.3 is 4.74 Å². The van der Waals surface area contributed by atoms with Gasteiger partial charge in [0.05, 0.1) is 12.8 Å². The molecule has 11 heavy (non-hydrogen) atoms. The lowest BCUT2D eigenvalue weighted by Gasteiger charge is -1.97. The van der Waals surface area contributed by atoms with Crippen molar-refractivity contribution in [2.75, 3.05) is 6.61 Å². The number of carbonyl (C=O) groups excluding carboxylic acids is 1. The van der Waals surface area contributed by atoms with Crippen molar-refractivity contribution in [1.29, 1.82) is 0 Å². The standard InChI is InChI=1S/C6H7N3O2/c1-2-11-6(10)5-3-8-9-4-7-5/h3-4H,2H2,1H3. The zero-order valence-electron chi connectivity index (χ0n) is 6.02. The van der Waals surface area contributed by atoms with Crippen molar-refractivity contribution >= 4 is 5.97 Å². The van der Waals surface area contributed by atoms with Crippen LogP contribution in [-0.2, 0) is 4.74 Å². The second-order valence-corrected chi connectivity index (χ2v) is 1.71. The molecule has 5 heteroatoms. The monoisotopic (exact) mass is 153 g/mol. The molecule has 0 unspecified atom stereocenters. The second-order valence-electron chi connectivity index (χ2n) is 1.71. The van der Waals surface area contributed by atoms with Gasteiger partial charge in [-0.15, -0.1) is 5.10 Å². The highest BCUT2D eigenvalue weighted by atomic mass is 16.5. The van der Waals surface area contributed by atoms with E-state index in [4.69, 9.17) is 0 Å². The molecule has 0 aliphatic heterocycles. The molecule has 0 saturated heterocycles. The largest absolute Gasteiger partial charge is 0.461 e. The smallest absolute Gasteiger partial charge is 0.358 e. The molecule has 1 aromatic heterocycles. The Morgan fingerprint density at radius 3 is 3.00 bits per heavy atom. The molecule has 1 aromatic rings. The van der Waals surface area contributed by atoms with Crippen LogP contribution >= 0.6 is 0 Å². The summed E-state index contributed by atoms with van der Waals surface area (Å²) in [5.74, 6) is -0.470. The van der Waals surface area contributed by atoms with E-state index in [-0.39, 0.29) is 5.69 Å². The molecular formula is C6H7N3O2. The third-order valence-electron chi connectivity index (χ3n) is 0.980. The average molecular weight is 153 g/mol. The summed E-state index contributed by atoms with van der Waals surface area (Å²) >= 11 is 0. The van der Waals surface area contributed by atoms with Gasteiger partial charge in [-0.3, -0.25) is 0 Å². The van der Waals surface area contributed by atoms with Crippen molar-refractivity contribution < 1.29 is 9.53 Å². The summed E-state index contributed by atoms with van der Waals surface area (Å²) in [5, 5.41) is 6.89. The van der Waals surface area contributed by atoms with Gasteiger partial charge in [-0.1, -0.05) is 0 Å². The molecule has 0 amide bonds. The lowest BCUT2D eigenvalue weighted by atomic mass is 10.5. The molecule has 0 saturated carbocycles. The number of ether oxygens (including phenoxy) is 1.